The van der Waals surface area contributed by atoms with Crippen molar-refractivity contribution in [3.63, 3.8) is 0 Å². The second-order valence-electron chi connectivity index (χ2n) is 6.35. The number of hydrogen-bond donors (Lipinski definition) is 1. The summed E-state index contributed by atoms with van der Waals surface area (Å²) in [5, 5.41) is 4.58. The Morgan fingerprint density at radius 3 is 2.50 bits per heavy atom. The van der Waals surface area contributed by atoms with Gasteiger partial charge >= 0.3 is 5.97 Å². The molecule has 0 atom stereocenters. The molecule has 1 N–H and O–H groups in total. The fraction of sp³-hybridized carbons (Fsp3) is 0.0870. The van der Waals surface area contributed by atoms with Crippen molar-refractivity contribution in [3.05, 3.63) is 91.9 Å². The van der Waals surface area contributed by atoms with Crippen molar-refractivity contribution in [1.82, 2.24) is 5.43 Å². The number of amides is 1. The molecular weight excluding hydrogens is 519 g/mol. The molecule has 164 valence electrons. The van der Waals surface area contributed by atoms with Crippen LogP contribution in [0.3, 0.4) is 0 Å². The monoisotopic (exact) mass is 534 g/mol. The fourth-order valence-corrected chi connectivity index (χ4v) is 3.49. The zero-order valence-electron chi connectivity index (χ0n) is 16.8. The molecule has 0 aliphatic rings. The van der Waals surface area contributed by atoms with Crippen molar-refractivity contribution in [2.75, 3.05) is 6.61 Å². The first-order valence-corrected chi connectivity index (χ1v) is 11.0. The van der Waals surface area contributed by atoms with Gasteiger partial charge in [0.1, 0.15) is 11.5 Å². The lowest BCUT2D eigenvalue weighted by atomic mass is 10.2. The third-order valence-electron chi connectivity index (χ3n) is 4.12. The van der Waals surface area contributed by atoms with Crippen LogP contribution in [0.25, 0.3) is 0 Å². The minimum atomic E-state index is -0.540. The van der Waals surface area contributed by atoms with Gasteiger partial charge in [-0.2, -0.15) is 5.10 Å². The van der Waals surface area contributed by atoms with Crippen LogP contribution in [0.2, 0.25) is 10.0 Å². The van der Waals surface area contributed by atoms with Gasteiger partial charge in [0, 0.05) is 15.1 Å². The lowest BCUT2D eigenvalue weighted by Crippen LogP contribution is -2.18. The quantitative estimate of drug-likeness (QED) is 0.171. The van der Waals surface area contributed by atoms with Crippen molar-refractivity contribution in [3.8, 4) is 11.5 Å². The Labute approximate surface area is 203 Å². The molecule has 3 aromatic rings. The zero-order chi connectivity index (χ0) is 23.1. The number of hydrogen-bond acceptors (Lipinski definition) is 5. The van der Waals surface area contributed by atoms with Crippen LogP contribution in [-0.2, 0) is 0 Å². The molecule has 3 rings (SSSR count). The predicted octanol–water partition coefficient (Wildman–Crippen LogP) is 6.14. The van der Waals surface area contributed by atoms with Gasteiger partial charge in [-0.1, -0.05) is 39.1 Å². The number of esters is 1. The van der Waals surface area contributed by atoms with Gasteiger partial charge in [0.25, 0.3) is 5.91 Å². The van der Waals surface area contributed by atoms with Gasteiger partial charge < -0.3 is 9.47 Å². The first kappa shape index (κ1) is 23.8. The molecule has 0 radical (unpaired) electrons. The van der Waals surface area contributed by atoms with Gasteiger partial charge in [-0.3, -0.25) is 4.79 Å². The number of halogens is 3. The number of hydrazone groups is 1. The molecule has 1 amide bonds. The van der Waals surface area contributed by atoms with Crippen molar-refractivity contribution in [2.24, 2.45) is 5.10 Å². The summed E-state index contributed by atoms with van der Waals surface area (Å²) in [4.78, 5) is 24.8. The van der Waals surface area contributed by atoms with Crippen LogP contribution in [0.15, 0.2) is 70.2 Å². The third-order valence-corrected chi connectivity index (χ3v) is 5.16. The van der Waals surface area contributed by atoms with Gasteiger partial charge in [-0.25, -0.2) is 10.2 Å². The summed E-state index contributed by atoms with van der Waals surface area (Å²) >= 11 is 15.3. The van der Waals surface area contributed by atoms with Crippen LogP contribution in [0.1, 0.15) is 33.2 Å². The van der Waals surface area contributed by atoms with Gasteiger partial charge in [-0.15, -0.1) is 0 Å². The second kappa shape index (κ2) is 11.1. The van der Waals surface area contributed by atoms with Crippen LogP contribution in [0.4, 0.5) is 0 Å². The molecule has 0 saturated carbocycles. The fourth-order valence-electron chi connectivity index (χ4n) is 2.62. The van der Waals surface area contributed by atoms with Gasteiger partial charge in [0.05, 0.1) is 29.0 Å². The Kier molecular flexibility index (Phi) is 8.27. The van der Waals surface area contributed by atoms with Crippen molar-refractivity contribution < 1.29 is 19.1 Å². The van der Waals surface area contributed by atoms with Crippen molar-refractivity contribution in [1.29, 1.82) is 0 Å². The van der Waals surface area contributed by atoms with E-state index < -0.39 is 11.9 Å². The highest BCUT2D eigenvalue weighted by molar-refractivity contribution is 9.10. The SMILES string of the molecule is CCOc1ccc(C(=O)Oc2ccc(Br)cc2/C=N/NC(=O)c2ccc(Cl)cc2Cl)cc1. The summed E-state index contributed by atoms with van der Waals surface area (Å²) in [7, 11) is 0. The molecule has 3 aromatic carbocycles. The molecule has 0 fully saturated rings. The van der Waals surface area contributed by atoms with E-state index in [0.29, 0.717) is 28.5 Å². The van der Waals surface area contributed by atoms with E-state index >= 15 is 0 Å². The number of benzene rings is 3. The lowest BCUT2D eigenvalue weighted by molar-refractivity contribution is 0.0734. The summed E-state index contributed by atoms with van der Waals surface area (Å²) in [5.74, 6) is -0.112. The number of carbonyl (C=O) groups is 2. The molecule has 32 heavy (non-hydrogen) atoms. The molecule has 0 aromatic heterocycles. The molecule has 9 heteroatoms. The summed E-state index contributed by atoms with van der Waals surface area (Å²) in [6.07, 6.45) is 1.37. The van der Waals surface area contributed by atoms with Gasteiger partial charge in [0.15, 0.2) is 0 Å². The first-order chi connectivity index (χ1) is 15.4. The van der Waals surface area contributed by atoms with Crippen molar-refractivity contribution >= 4 is 57.2 Å². The Morgan fingerprint density at radius 1 is 1.06 bits per heavy atom. The maximum atomic E-state index is 12.5. The number of nitrogens with one attached hydrogen (secondary N) is 1. The molecular formula is C23H17BrCl2N2O4. The minimum absolute atomic E-state index is 0.206. The third kappa shape index (κ3) is 6.32. The van der Waals surface area contributed by atoms with Gasteiger partial charge in [-0.05, 0) is 67.6 Å². The maximum absolute atomic E-state index is 12.5. The number of ether oxygens (including phenoxy) is 2. The van der Waals surface area contributed by atoms with Crippen molar-refractivity contribution in [2.45, 2.75) is 6.92 Å². The maximum Gasteiger partial charge on any atom is 0.343 e. The lowest BCUT2D eigenvalue weighted by Gasteiger charge is -2.09. The highest BCUT2D eigenvalue weighted by atomic mass is 79.9. The standard InChI is InChI=1S/C23H17BrCl2N2O4/c1-2-31-18-7-3-14(4-8-18)23(30)32-21-10-5-16(24)11-15(21)13-27-28-22(29)19-9-6-17(25)12-20(19)26/h3-13H,2H2,1H3,(H,28,29)/b27-13+. The van der Waals surface area contributed by atoms with E-state index in [1.807, 2.05) is 6.92 Å². The van der Waals surface area contributed by atoms with Gasteiger partial charge in [0.2, 0.25) is 0 Å². The molecule has 0 spiro atoms. The zero-order valence-corrected chi connectivity index (χ0v) is 19.9. The highest BCUT2D eigenvalue weighted by Crippen LogP contribution is 2.24. The second-order valence-corrected chi connectivity index (χ2v) is 8.11. The van der Waals surface area contributed by atoms with Crippen LogP contribution < -0.4 is 14.9 Å². The number of rotatable bonds is 7. The molecule has 0 heterocycles. The van der Waals surface area contributed by atoms with E-state index in [-0.39, 0.29) is 16.3 Å². The number of nitrogens with zero attached hydrogens (tertiary/aromatic N) is 1. The molecule has 0 bridgehead atoms. The highest BCUT2D eigenvalue weighted by Gasteiger charge is 2.13. The number of carbonyl (C=O) groups excluding carboxylic acids is 2. The summed E-state index contributed by atoms with van der Waals surface area (Å²) in [6, 6.07) is 16.2. The molecule has 0 aliphatic carbocycles. The molecule has 0 unspecified atom stereocenters. The first-order valence-electron chi connectivity index (χ1n) is 9.40. The van der Waals surface area contributed by atoms with Crippen LogP contribution >= 0.6 is 39.1 Å². The average Bonchev–Trinajstić information content (AvgIpc) is 2.76. The van der Waals surface area contributed by atoms with E-state index in [9.17, 15) is 9.59 Å². The minimum Gasteiger partial charge on any atom is -0.494 e. The Hall–Kier alpha value is -2.87. The van der Waals surface area contributed by atoms with Crippen LogP contribution in [0.5, 0.6) is 11.5 Å². The normalized spacial score (nSPS) is 10.8. The Morgan fingerprint density at radius 2 is 1.81 bits per heavy atom. The Bertz CT molecular complexity index is 1170. The molecule has 0 saturated heterocycles. The van der Waals surface area contributed by atoms with Crippen LogP contribution in [-0.4, -0.2) is 24.7 Å². The topological polar surface area (TPSA) is 77.0 Å². The van der Waals surface area contributed by atoms with E-state index in [0.717, 1.165) is 4.47 Å². The average molecular weight is 536 g/mol. The van der Waals surface area contributed by atoms with E-state index in [4.69, 9.17) is 32.7 Å². The van der Waals surface area contributed by atoms with E-state index in [2.05, 4.69) is 26.5 Å². The summed E-state index contributed by atoms with van der Waals surface area (Å²) in [5.41, 5.74) is 3.46. The largest absolute Gasteiger partial charge is 0.494 e. The van der Waals surface area contributed by atoms with E-state index in [1.165, 1.54) is 18.3 Å². The smallest absolute Gasteiger partial charge is 0.343 e. The molecule has 0 aliphatic heterocycles. The Balaban J connectivity index is 1.73. The van der Waals surface area contributed by atoms with Crippen LogP contribution in [0, 0.1) is 0 Å². The predicted molar refractivity (Wildman–Crippen MR) is 128 cm³/mol. The summed E-state index contributed by atoms with van der Waals surface area (Å²) < 4.78 is 11.6. The van der Waals surface area contributed by atoms with E-state index in [1.54, 1.807) is 48.5 Å². The summed E-state index contributed by atoms with van der Waals surface area (Å²) in [6.45, 7) is 2.41. The molecule has 6 nitrogen and oxygen atoms in total.